The summed E-state index contributed by atoms with van der Waals surface area (Å²) in [7, 11) is 2.13. The molecule has 0 radical (unpaired) electrons. The van der Waals surface area contributed by atoms with Crippen molar-refractivity contribution >= 4 is 17.4 Å². The number of rotatable bonds is 4. The first-order chi connectivity index (χ1) is 11.2. The minimum atomic E-state index is -0.227. The Morgan fingerprint density at radius 1 is 1.30 bits per heavy atom. The van der Waals surface area contributed by atoms with E-state index in [1.165, 1.54) is 0 Å². The second kappa shape index (κ2) is 6.78. The summed E-state index contributed by atoms with van der Waals surface area (Å²) >= 11 is 0. The van der Waals surface area contributed by atoms with Gasteiger partial charge in [-0.05, 0) is 31.7 Å². The number of carbonyl (C=O) groups excluding carboxylic acids is 1. The van der Waals surface area contributed by atoms with Crippen LogP contribution in [0, 0.1) is 0 Å². The lowest BCUT2D eigenvalue weighted by Gasteiger charge is -2.33. The normalized spacial score (nSPS) is 15.7. The molecule has 1 amide bonds. The SMILES string of the molecule is CCc1cc(C(=O)Nc2ccc(N3CCN(C)CC3)nc2)n[nH]1. The first-order valence-corrected chi connectivity index (χ1v) is 7.91. The van der Waals surface area contributed by atoms with Gasteiger partial charge >= 0.3 is 0 Å². The molecule has 0 aromatic carbocycles. The number of aromatic nitrogens is 3. The van der Waals surface area contributed by atoms with Crippen LogP contribution >= 0.6 is 0 Å². The molecule has 2 N–H and O–H groups in total. The molecule has 0 unspecified atom stereocenters. The van der Waals surface area contributed by atoms with Crippen molar-refractivity contribution < 1.29 is 4.79 Å². The highest BCUT2D eigenvalue weighted by Gasteiger charge is 2.15. The van der Waals surface area contributed by atoms with E-state index < -0.39 is 0 Å². The molecule has 7 nitrogen and oxygen atoms in total. The van der Waals surface area contributed by atoms with Crippen LogP contribution in [0.2, 0.25) is 0 Å². The van der Waals surface area contributed by atoms with Crippen LogP contribution in [0.15, 0.2) is 24.4 Å². The highest BCUT2D eigenvalue weighted by molar-refractivity contribution is 6.02. The average molecular weight is 314 g/mol. The maximum Gasteiger partial charge on any atom is 0.276 e. The Hall–Kier alpha value is -2.41. The van der Waals surface area contributed by atoms with Crippen molar-refractivity contribution in [3.63, 3.8) is 0 Å². The standard InChI is InChI=1S/C16H22N6O/c1-3-12-10-14(20-19-12)16(23)18-13-4-5-15(17-11-13)22-8-6-21(2)7-9-22/h4-5,10-11H,3,6-9H2,1-2H3,(H,18,23)(H,19,20). The van der Waals surface area contributed by atoms with Gasteiger partial charge < -0.3 is 15.1 Å². The summed E-state index contributed by atoms with van der Waals surface area (Å²) in [5, 5.41) is 9.67. The van der Waals surface area contributed by atoms with E-state index >= 15 is 0 Å². The number of nitrogens with one attached hydrogen (secondary N) is 2. The van der Waals surface area contributed by atoms with E-state index in [0.29, 0.717) is 11.4 Å². The van der Waals surface area contributed by atoms with Gasteiger partial charge in [0.25, 0.3) is 5.91 Å². The predicted octanol–water partition coefficient (Wildman–Crippen LogP) is 1.37. The van der Waals surface area contributed by atoms with Crippen molar-refractivity contribution in [2.75, 3.05) is 43.4 Å². The van der Waals surface area contributed by atoms with Crippen molar-refractivity contribution in [3.05, 3.63) is 35.8 Å². The van der Waals surface area contributed by atoms with Crippen LogP contribution in [0.5, 0.6) is 0 Å². The molecule has 3 heterocycles. The van der Waals surface area contributed by atoms with Gasteiger partial charge in [-0.25, -0.2) is 4.98 Å². The van der Waals surface area contributed by atoms with Crippen molar-refractivity contribution in [1.29, 1.82) is 0 Å². The number of nitrogens with zero attached hydrogens (tertiary/aromatic N) is 4. The van der Waals surface area contributed by atoms with E-state index in [0.717, 1.165) is 44.1 Å². The number of amides is 1. The fourth-order valence-electron chi connectivity index (χ4n) is 2.54. The van der Waals surface area contributed by atoms with Gasteiger partial charge in [0.2, 0.25) is 0 Å². The summed E-state index contributed by atoms with van der Waals surface area (Å²) in [6.07, 6.45) is 2.51. The largest absolute Gasteiger partial charge is 0.354 e. The number of hydrogen-bond donors (Lipinski definition) is 2. The van der Waals surface area contributed by atoms with Crippen molar-refractivity contribution in [2.45, 2.75) is 13.3 Å². The van der Waals surface area contributed by atoms with Crippen LogP contribution in [0.25, 0.3) is 0 Å². The molecule has 1 fully saturated rings. The summed E-state index contributed by atoms with van der Waals surface area (Å²) in [6.45, 7) is 6.04. The van der Waals surface area contributed by atoms with Gasteiger partial charge in [0, 0.05) is 31.9 Å². The van der Waals surface area contributed by atoms with Crippen LogP contribution in [-0.2, 0) is 6.42 Å². The minimum Gasteiger partial charge on any atom is -0.354 e. The first kappa shape index (κ1) is 15.5. The first-order valence-electron chi connectivity index (χ1n) is 7.91. The third-order valence-corrected chi connectivity index (χ3v) is 4.08. The number of aryl methyl sites for hydroxylation is 1. The van der Waals surface area contributed by atoms with Gasteiger partial charge in [0.15, 0.2) is 5.69 Å². The number of hydrogen-bond acceptors (Lipinski definition) is 5. The van der Waals surface area contributed by atoms with E-state index in [2.05, 4.69) is 37.3 Å². The number of H-pyrrole nitrogens is 1. The van der Waals surface area contributed by atoms with Crippen molar-refractivity contribution in [2.24, 2.45) is 0 Å². The monoisotopic (exact) mass is 314 g/mol. The van der Waals surface area contributed by atoms with Crippen molar-refractivity contribution in [1.82, 2.24) is 20.1 Å². The van der Waals surface area contributed by atoms with E-state index in [9.17, 15) is 4.79 Å². The van der Waals surface area contributed by atoms with Crippen LogP contribution in [0.1, 0.15) is 23.1 Å². The van der Waals surface area contributed by atoms with E-state index in [1.54, 1.807) is 12.3 Å². The summed E-state index contributed by atoms with van der Waals surface area (Å²) in [5.74, 6) is 0.722. The number of carbonyl (C=O) groups is 1. The Balaban J connectivity index is 1.62. The molecule has 2 aromatic heterocycles. The molecule has 7 heteroatoms. The zero-order valence-electron chi connectivity index (χ0n) is 13.5. The third-order valence-electron chi connectivity index (χ3n) is 4.08. The molecule has 23 heavy (non-hydrogen) atoms. The smallest absolute Gasteiger partial charge is 0.276 e. The van der Waals surface area contributed by atoms with Crippen LogP contribution in [0.4, 0.5) is 11.5 Å². The molecule has 122 valence electrons. The van der Waals surface area contributed by atoms with Gasteiger partial charge in [-0.15, -0.1) is 0 Å². The average Bonchev–Trinajstić information content (AvgIpc) is 3.06. The number of anilines is 2. The molecular weight excluding hydrogens is 292 g/mol. The topological polar surface area (TPSA) is 77.2 Å². The molecule has 2 aromatic rings. The lowest BCUT2D eigenvalue weighted by molar-refractivity contribution is 0.102. The van der Waals surface area contributed by atoms with Crippen LogP contribution < -0.4 is 10.2 Å². The second-order valence-electron chi connectivity index (χ2n) is 5.78. The number of pyridine rings is 1. The molecule has 0 saturated carbocycles. The highest BCUT2D eigenvalue weighted by atomic mass is 16.1. The molecule has 1 saturated heterocycles. The number of likely N-dealkylation sites (N-methyl/N-ethyl adjacent to an activating group) is 1. The highest BCUT2D eigenvalue weighted by Crippen LogP contribution is 2.16. The molecule has 1 aliphatic rings. The number of piperazine rings is 1. The van der Waals surface area contributed by atoms with E-state index in [1.807, 2.05) is 19.1 Å². The Bertz CT molecular complexity index is 657. The van der Waals surface area contributed by atoms with Gasteiger partial charge in [0.05, 0.1) is 11.9 Å². The fraction of sp³-hybridized carbons (Fsp3) is 0.438. The Labute approximate surface area is 135 Å². The quantitative estimate of drug-likeness (QED) is 0.891. The van der Waals surface area contributed by atoms with Gasteiger partial charge in [-0.1, -0.05) is 6.92 Å². The minimum absolute atomic E-state index is 0.227. The summed E-state index contributed by atoms with van der Waals surface area (Å²) in [5.41, 5.74) is 2.01. The third kappa shape index (κ3) is 3.68. The van der Waals surface area contributed by atoms with Gasteiger partial charge in [-0.3, -0.25) is 9.89 Å². The molecule has 3 rings (SSSR count). The Morgan fingerprint density at radius 3 is 2.70 bits per heavy atom. The van der Waals surface area contributed by atoms with E-state index in [4.69, 9.17) is 0 Å². The van der Waals surface area contributed by atoms with E-state index in [-0.39, 0.29) is 5.91 Å². The lowest BCUT2D eigenvalue weighted by atomic mass is 10.3. The maximum absolute atomic E-state index is 12.1. The summed E-state index contributed by atoms with van der Waals surface area (Å²) in [6, 6.07) is 5.59. The predicted molar refractivity (Wildman–Crippen MR) is 89.9 cm³/mol. The Morgan fingerprint density at radius 2 is 2.09 bits per heavy atom. The molecular formula is C16H22N6O. The Kier molecular flexibility index (Phi) is 4.57. The molecule has 0 aliphatic carbocycles. The van der Waals surface area contributed by atoms with Gasteiger partial charge in [-0.2, -0.15) is 5.10 Å². The molecule has 0 atom stereocenters. The zero-order chi connectivity index (χ0) is 16.2. The zero-order valence-corrected chi connectivity index (χ0v) is 13.5. The van der Waals surface area contributed by atoms with Crippen LogP contribution in [0.3, 0.4) is 0 Å². The summed E-state index contributed by atoms with van der Waals surface area (Å²) in [4.78, 5) is 21.2. The maximum atomic E-state index is 12.1. The lowest BCUT2D eigenvalue weighted by Crippen LogP contribution is -2.44. The molecule has 1 aliphatic heterocycles. The number of aromatic amines is 1. The van der Waals surface area contributed by atoms with Crippen molar-refractivity contribution in [3.8, 4) is 0 Å². The van der Waals surface area contributed by atoms with Crippen LogP contribution in [-0.4, -0.2) is 59.2 Å². The molecule has 0 bridgehead atoms. The fourth-order valence-corrected chi connectivity index (χ4v) is 2.54. The van der Waals surface area contributed by atoms with Gasteiger partial charge in [0.1, 0.15) is 5.82 Å². The summed E-state index contributed by atoms with van der Waals surface area (Å²) < 4.78 is 0. The molecule has 0 spiro atoms. The second-order valence-corrected chi connectivity index (χ2v) is 5.78.